The number of phenols is 1. The summed E-state index contributed by atoms with van der Waals surface area (Å²) in [6.07, 6.45) is 1.65. The van der Waals surface area contributed by atoms with Crippen molar-refractivity contribution in [3.63, 3.8) is 0 Å². The molecule has 0 aliphatic heterocycles. The van der Waals surface area contributed by atoms with Gasteiger partial charge < -0.3 is 14.6 Å². The zero-order chi connectivity index (χ0) is 16.1. The van der Waals surface area contributed by atoms with Gasteiger partial charge in [0.05, 0.1) is 24.7 Å². The minimum absolute atomic E-state index is 0.0483. The topological polar surface area (TPSA) is 51.0 Å². The highest BCUT2D eigenvalue weighted by molar-refractivity contribution is 9.10. The molecule has 2 rings (SSSR count). The first kappa shape index (κ1) is 16.4. The van der Waals surface area contributed by atoms with Crippen molar-refractivity contribution < 1.29 is 14.6 Å². The molecule has 1 N–H and O–H groups in total. The minimum Gasteiger partial charge on any atom is -0.504 e. The molecular formula is C17H18BrNO3. The summed E-state index contributed by atoms with van der Waals surface area (Å²) in [6.45, 7) is 1.99. The van der Waals surface area contributed by atoms with Gasteiger partial charge in [0.2, 0.25) is 0 Å². The summed E-state index contributed by atoms with van der Waals surface area (Å²) < 4.78 is 11.2. The van der Waals surface area contributed by atoms with Crippen LogP contribution in [0.25, 0.3) is 0 Å². The molecule has 0 saturated heterocycles. The normalized spacial score (nSPS) is 12.4. The molecule has 0 unspecified atom stereocenters. The molecule has 0 spiro atoms. The maximum Gasteiger partial charge on any atom is 0.166 e. The number of para-hydroxylation sites is 1. The highest BCUT2D eigenvalue weighted by Crippen LogP contribution is 2.30. The van der Waals surface area contributed by atoms with Gasteiger partial charge >= 0.3 is 0 Å². The molecule has 0 bridgehead atoms. The Morgan fingerprint density at radius 3 is 2.50 bits per heavy atom. The van der Waals surface area contributed by atoms with E-state index >= 15 is 0 Å². The first-order valence-corrected chi connectivity index (χ1v) is 7.58. The summed E-state index contributed by atoms with van der Waals surface area (Å²) in [4.78, 5) is 4.50. The largest absolute Gasteiger partial charge is 0.504 e. The van der Waals surface area contributed by atoms with Crippen LogP contribution in [0.3, 0.4) is 0 Å². The average Bonchev–Trinajstić information content (AvgIpc) is 2.53. The number of ether oxygens (including phenoxy) is 2. The van der Waals surface area contributed by atoms with E-state index in [-0.39, 0.29) is 11.8 Å². The summed E-state index contributed by atoms with van der Waals surface area (Å²) in [5.41, 5.74) is 1.67. The van der Waals surface area contributed by atoms with E-state index in [1.165, 1.54) is 7.11 Å². The van der Waals surface area contributed by atoms with E-state index in [1.807, 2.05) is 31.2 Å². The second-order valence-electron chi connectivity index (χ2n) is 4.75. The quantitative estimate of drug-likeness (QED) is 0.803. The molecule has 0 aromatic heterocycles. The van der Waals surface area contributed by atoms with E-state index in [0.717, 1.165) is 15.8 Å². The molecule has 0 amide bonds. The van der Waals surface area contributed by atoms with Gasteiger partial charge in [-0.3, -0.25) is 4.99 Å². The lowest BCUT2D eigenvalue weighted by Gasteiger charge is -2.10. The number of aromatic hydroxyl groups is 1. The fourth-order valence-electron chi connectivity index (χ4n) is 2.03. The molecule has 0 aliphatic rings. The van der Waals surface area contributed by atoms with Crippen molar-refractivity contribution in [2.45, 2.75) is 13.0 Å². The number of halogens is 1. The summed E-state index contributed by atoms with van der Waals surface area (Å²) in [6, 6.07) is 11.1. The van der Waals surface area contributed by atoms with Crippen molar-refractivity contribution in [3.05, 3.63) is 52.0 Å². The van der Waals surface area contributed by atoms with Crippen LogP contribution in [-0.4, -0.2) is 25.5 Å². The van der Waals surface area contributed by atoms with Gasteiger partial charge in [0.15, 0.2) is 11.5 Å². The Kier molecular flexibility index (Phi) is 5.44. The molecule has 0 aliphatic carbocycles. The number of methoxy groups -OCH3 is 2. The van der Waals surface area contributed by atoms with Crippen molar-refractivity contribution in [2.75, 3.05) is 14.2 Å². The summed E-state index contributed by atoms with van der Waals surface area (Å²) >= 11 is 3.47. The van der Waals surface area contributed by atoms with E-state index in [0.29, 0.717) is 11.3 Å². The summed E-state index contributed by atoms with van der Waals surface area (Å²) in [7, 11) is 3.15. The lowest BCUT2D eigenvalue weighted by atomic mass is 10.1. The molecule has 5 heteroatoms. The van der Waals surface area contributed by atoms with Gasteiger partial charge in [0.1, 0.15) is 5.75 Å². The van der Waals surface area contributed by atoms with Crippen LogP contribution in [0.15, 0.2) is 45.9 Å². The van der Waals surface area contributed by atoms with Crippen molar-refractivity contribution in [1.29, 1.82) is 0 Å². The third kappa shape index (κ3) is 3.60. The molecule has 2 aromatic carbocycles. The molecule has 116 valence electrons. The predicted octanol–water partition coefficient (Wildman–Crippen LogP) is 4.35. The lowest BCUT2D eigenvalue weighted by Crippen LogP contribution is -1.94. The fourth-order valence-corrected chi connectivity index (χ4v) is 2.59. The Morgan fingerprint density at radius 1 is 1.14 bits per heavy atom. The molecular weight excluding hydrogens is 346 g/mol. The number of phenolic OH excluding ortho intramolecular Hbond substituents is 1. The van der Waals surface area contributed by atoms with Crippen molar-refractivity contribution in [3.8, 4) is 17.2 Å². The lowest BCUT2D eigenvalue weighted by molar-refractivity contribution is 0.373. The molecule has 0 saturated carbocycles. The number of hydrogen-bond acceptors (Lipinski definition) is 4. The summed E-state index contributed by atoms with van der Waals surface area (Å²) in [5.74, 6) is 1.31. The van der Waals surface area contributed by atoms with Crippen LogP contribution in [0, 0.1) is 0 Å². The molecule has 0 heterocycles. The Morgan fingerprint density at radius 2 is 1.86 bits per heavy atom. The number of nitrogens with zero attached hydrogens (tertiary/aromatic N) is 1. The van der Waals surface area contributed by atoms with Gasteiger partial charge in [-0.25, -0.2) is 0 Å². The smallest absolute Gasteiger partial charge is 0.166 e. The third-order valence-electron chi connectivity index (χ3n) is 3.35. The molecule has 0 fully saturated rings. The van der Waals surface area contributed by atoms with Gasteiger partial charge in [0.25, 0.3) is 0 Å². The van der Waals surface area contributed by atoms with Crippen molar-refractivity contribution in [2.24, 2.45) is 4.99 Å². The Labute approximate surface area is 138 Å². The van der Waals surface area contributed by atoms with Crippen LogP contribution in [0.2, 0.25) is 0 Å². The zero-order valence-electron chi connectivity index (χ0n) is 12.7. The van der Waals surface area contributed by atoms with Gasteiger partial charge in [-0.2, -0.15) is 0 Å². The number of hydrogen-bond donors (Lipinski definition) is 1. The summed E-state index contributed by atoms with van der Waals surface area (Å²) in [5, 5.41) is 10.0. The number of benzene rings is 2. The van der Waals surface area contributed by atoms with Crippen molar-refractivity contribution >= 4 is 22.1 Å². The van der Waals surface area contributed by atoms with Crippen LogP contribution in [0.1, 0.15) is 24.1 Å². The SMILES string of the molecule is COc1ccc([C@H](C)N=Cc2cccc(OC)c2O)cc1Br. The number of aliphatic imine (C=N–C) groups is 1. The van der Waals surface area contributed by atoms with Gasteiger partial charge in [-0.15, -0.1) is 0 Å². The van der Waals surface area contributed by atoms with Crippen LogP contribution in [0.4, 0.5) is 0 Å². The standard InChI is InChI=1S/C17H18BrNO3/c1-11(12-7-8-15(21-2)14(18)9-12)19-10-13-5-4-6-16(22-3)17(13)20/h4-11,20H,1-3H3/t11-/m0/s1. The predicted molar refractivity (Wildman–Crippen MR) is 91.4 cm³/mol. The van der Waals surface area contributed by atoms with E-state index in [2.05, 4.69) is 20.9 Å². The monoisotopic (exact) mass is 363 g/mol. The Balaban J connectivity index is 2.21. The molecule has 22 heavy (non-hydrogen) atoms. The maximum atomic E-state index is 10.0. The maximum absolute atomic E-state index is 10.0. The van der Waals surface area contributed by atoms with Crippen LogP contribution in [0.5, 0.6) is 17.2 Å². The van der Waals surface area contributed by atoms with E-state index in [9.17, 15) is 5.11 Å². The number of rotatable bonds is 5. The highest BCUT2D eigenvalue weighted by atomic mass is 79.9. The van der Waals surface area contributed by atoms with Crippen molar-refractivity contribution in [1.82, 2.24) is 0 Å². The minimum atomic E-state index is -0.0483. The highest BCUT2D eigenvalue weighted by Gasteiger charge is 2.08. The first-order valence-electron chi connectivity index (χ1n) is 6.79. The van der Waals surface area contributed by atoms with E-state index in [1.54, 1.807) is 25.5 Å². The van der Waals surface area contributed by atoms with Crippen LogP contribution < -0.4 is 9.47 Å². The Bertz CT molecular complexity index is 686. The molecule has 1 atom stereocenters. The van der Waals surface area contributed by atoms with Gasteiger partial charge in [-0.05, 0) is 52.7 Å². The first-order chi connectivity index (χ1) is 10.6. The van der Waals surface area contributed by atoms with Gasteiger partial charge in [-0.1, -0.05) is 12.1 Å². The second kappa shape index (κ2) is 7.31. The Hall–Kier alpha value is -2.01. The molecule has 0 radical (unpaired) electrons. The van der Waals surface area contributed by atoms with Crippen LogP contribution in [-0.2, 0) is 0 Å². The van der Waals surface area contributed by atoms with Gasteiger partial charge in [0, 0.05) is 11.8 Å². The molecule has 4 nitrogen and oxygen atoms in total. The zero-order valence-corrected chi connectivity index (χ0v) is 14.3. The second-order valence-corrected chi connectivity index (χ2v) is 5.60. The average molecular weight is 364 g/mol. The fraction of sp³-hybridized carbons (Fsp3) is 0.235. The third-order valence-corrected chi connectivity index (χ3v) is 3.97. The molecule has 2 aromatic rings. The van der Waals surface area contributed by atoms with E-state index in [4.69, 9.17) is 9.47 Å². The van der Waals surface area contributed by atoms with Crippen LogP contribution >= 0.6 is 15.9 Å². The van der Waals surface area contributed by atoms with E-state index < -0.39 is 0 Å².